The Kier molecular flexibility index (Phi) is 4.20. The minimum absolute atomic E-state index is 0.00926. The van der Waals surface area contributed by atoms with Gasteiger partial charge in [-0.05, 0) is 36.7 Å². The van der Waals surface area contributed by atoms with Crippen molar-refractivity contribution in [3.63, 3.8) is 0 Å². The summed E-state index contributed by atoms with van der Waals surface area (Å²) < 4.78 is 13.6. The molecule has 1 saturated heterocycles. The van der Waals surface area contributed by atoms with Gasteiger partial charge in [0.15, 0.2) is 0 Å². The first-order valence-electron chi connectivity index (χ1n) is 6.76. The van der Waals surface area contributed by atoms with Gasteiger partial charge in [0.25, 0.3) is 5.91 Å². The second-order valence-corrected chi connectivity index (χ2v) is 5.49. The van der Waals surface area contributed by atoms with Crippen LogP contribution in [0.4, 0.5) is 4.39 Å². The van der Waals surface area contributed by atoms with Crippen LogP contribution in [0.3, 0.4) is 0 Å². The number of hydrogen-bond donors (Lipinski definition) is 0. The van der Waals surface area contributed by atoms with Crippen molar-refractivity contribution in [2.75, 3.05) is 33.2 Å². The summed E-state index contributed by atoms with van der Waals surface area (Å²) >= 11 is 0. The van der Waals surface area contributed by atoms with Crippen LogP contribution in [-0.4, -0.2) is 48.9 Å². The predicted octanol–water partition coefficient (Wildman–Crippen LogP) is 2.34. The van der Waals surface area contributed by atoms with E-state index in [4.69, 9.17) is 0 Å². The van der Waals surface area contributed by atoms with Gasteiger partial charge in [-0.15, -0.1) is 0 Å². The van der Waals surface area contributed by atoms with Crippen LogP contribution in [0.25, 0.3) is 0 Å². The van der Waals surface area contributed by atoms with Crippen LogP contribution < -0.4 is 0 Å². The van der Waals surface area contributed by atoms with Crippen LogP contribution in [0, 0.1) is 5.82 Å². The van der Waals surface area contributed by atoms with Crippen LogP contribution in [0.15, 0.2) is 18.2 Å². The molecule has 0 saturated carbocycles. The molecule has 0 atom stereocenters. The van der Waals surface area contributed by atoms with Crippen molar-refractivity contribution >= 4 is 5.91 Å². The van der Waals surface area contributed by atoms with Gasteiger partial charge in [0.2, 0.25) is 0 Å². The van der Waals surface area contributed by atoms with Crippen LogP contribution in [-0.2, 0) is 0 Å². The first-order chi connectivity index (χ1) is 8.99. The fraction of sp³-hybridized carbons (Fsp3) is 0.533. The molecule has 4 heteroatoms. The van der Waals surface area contributed by atoms with E-state index < -0.39 is 0 Å². The second kappa shape index (κ2) is 5.70. The van der Waals surface area contributed by atoms with E-state index in [1.165, 1.54) is 6.07 Å². The number of carbonyl (C=O) groups is 1. The molecule has 1 fully saturated rings. The van der Waals surface area contributed by atoms with Gasteiger partial charge >= 0.3 is 0 Å². The van der Waals surface area contributed by atoms with Crippen molar-refractivity contribution < 1.29 is 9.18 Å². The van der Waals surface area contributed by atoms with Gasteiger partial charge in [-0.3, -0.25) is 4.79 Å². The van der Waals surface area contributed by atoms with Crippen LogP contribution in [0.5, 0.6) is 0 Å². The highest BCUT2D eigenvalue weighted by Gasteiger charge is 2.21. The molecular weight excluding hydrogens is 243 g/mol. The Labute approximate surface area is 114 Å². The van der Waals surface area contributed by atoms with Gasteiger partial charge in [0, 0.05) is 31.7 Å². The van der Waals surface area contributed by atoms with E-state index >= 15 is 0 Å². The molecule has 1 aromatic carbocycles. The highest BCUT2D eigenvalue weighted by atomic mass is 19.1. The summed E-state index contributed by atoms with van der Waals surface area (Å²) in [5.74, 6) is -0.139. The highest BCUT2D eigenvalue weighted by molar-refractivity contribution is 5.94. The topological polar surface area (TPSA) is 23.6 Å². The first kappa shape index (κ1) is 14.0. The maximum Gasteiger partial charge on any atom is 0.253 e. The molecule has 104 valence electrons. The van der Waals surface area contributed by atoms with Crippen molar-refractivity contribution in [2.24, 2.45) is 0 Å². The van der Waals surface area contributed by atoms with E-state index in [1.807, 2.05) is 18.7 Å². The fourth-order valence-electron chi connectivity index (χ4n) is 2.31. The third-order valence-corrected chi connectivity index (χ3v) is 3.66. The minimum atomic E-state index is -0.232. The Hall–Kier alpha value is -1.42. The zero-order valence-corrected chi connectivity index (χ0v) is 11.8. The lowest BCUT2D eigenvalue weighted by molar-refractivity contribution is 0.0664. The van der Waals surface area contributed by atoms with Crippen molar-refractivity contribution in [2.45, 2.75) is 19.8 Å². The smallest absolute Gasteiger partial charge is 0.253 e. The number of amides is 1. The van der Waals surface area contributed by atoms with Gasteiger partial charge in [-0.2, -0.15) is 0 Å². The normalized spacial score (nSPS) is 17.0. The van der Waals surface area contributed by atoms with E-state index in [2.05, 4.69) is 11.9 Å². The lowest BCUT2D eigenvalue weighted by atomic mass is 9.99. The molecule has 3 nitrogen and oxygen atoms in total. The number of rotatable bonds is 2. The number of carbonyl (C=O) groups excluding carboxylic acids is 1. The van der Waals surface area contributed by atoms with Crippen LogP contribution >= 0.6 is 0 Å². The monoisotopic (exact) mass is 264 g/mol. The number of halogens is 1. The van der Waals surface area contributed by atoms with Crippen LogP contribution in [0.1, 0.15) is 35.7 Å². The Morgan fingerprint density at radius 3 is 2.42 bits per heavy atom. The number of benzene rings is 1. The molecule has 1 aromatic rings. The van der Waals surface area contributed by atoms with Crippen LogP contribution in [0.2, 0.25) is 0 Å². The maximum atomic E-state index is 13.6. The maximum absolute atomic E-state index is 13.6. The van der Waals surface area contributed by atoms with Gasteiger partial charge < -0.3 is 9.80 Å². The summed E-state index contributed by atoms with van der Waals surface area (Å²) in [5, 5.41) is 0. The summed E-state index contributed by atoms with van der Waals surface area (Å²) in [6.07, 6.45) is 0. The molecule has 0 N–H and O–H groups in total. The average molecular weight is 264 g/mol. The van der Waals surface area contributed by atoms with Gasteiger partial charge in [0.1, 0.15) is 5.82 Å². The Bertz CT molecular complexity index is 465. The molecule has 1 amide bonds. The largest absolute Gasteiger partial charge is 0.336 e. The fourth-order valence-corrected chi connectivity index (χ4v) is 2.31. The number of piperazine rings is 1. The first-order valence-corrected chi connectivity index (χ1v) is 6.76. The molecule has 0 aliphatic carbocycles. The summed E-state index contributed by atoms with van der Waals surface area (Å²) in [4.78, 5) is 16.4. The zero-order chi connectivity index (χ0) is 14.0. The Morgan fingerprint density at radius 2 is 1.84 bits per heavy atom. The molecule has 0 spiro atoms. The molecule has 2 rings (SSSR count). The molecule has 0 radical (unpaired) electrons. The van der Waals surface area contributed by atoms with Crippen molar-refractivity contribution in [1.29, 1.82) is 0 Å². The molecule has 19 heavy (non-hydrogen) atoms. The summed E-state index contributed by atoms with van der Waals surface area (Å²) in [5.41, 5.74) is 1.20. The van der Waals surface area contributed by atoms with E-state index in [-0.39, 0.29) is 17.6 Å². The predicted molar refractivity (Wildman–Crippen MR) is 73.9 cm³/mol. The second-order valence-electron chi connectivity index (χ2n) is 5.49. The van der Waals surface area contributed by atoms with E-state index in [0.29, 0.717) is 11.1 Å². The number of likely N-dealkylation sites (N-methyl/N-ethyl adjacent to an activating group) is 1. The van der Waals surface area contributed by atoms with E-state index in [9.17, 15) is 9.18 Å². The van der Waals surface area contributed by atoms with Crippen molar-refractivity contribution in [3.05, 3.63) is 35.1 Å². The molecule has 0 aromatic heterocycles. The quantitative estimate of drug-likeness (QED) is 0.818. The number of hydrogen-bond acceptors (Lipinski definition) is 2. The molecule has 1 aliphatic rings. The van der Waals surface area contributed by atoms with Gasteiger partial charge in [-0.1, -0.05) is 13.8 Å². The van der Waals surface area contributed by atoms with E-state index in [1.54, 1.807) is 12.1 Å². The van der Waals surface area contributed by atoms with Crippen molar-refractivity contribution in [1.82, 2.24) is 9.80 Å². The van der Waals surface area contributed by atoms with Gasteiger partial charge in [-0.25, -0.2) is 4.39 Å². The van der Waals surface area contributed by atoms with Gasteiger partial charge in [0.05, 0.1) is 0 Å². The Morgan fingerprint density at radius 1 is 1.21 bits per heavy atom. The Balaban J connectivity index is 2.17. The molecule has 1 heterocycles. The summed E-state index contributed by atoms with van der Waals surface area (Å²) in [6.45, 7) is 7.13. The zero-order valence-electron chi connectivity index (χ0n) is 11.8. The average Bonchev–Trinajstić information content (AvgIpc) is 2.39. The molecule has 1 aliphatic heterocycles. The molecular formula is C15H21FN2O. The molecule has 0 bridgehead atoms. The SMILES string of the molecule is CC(C)c1cc(C(=O)N2CCN(C)CC2)ccc1F. The van der Waals surface area contributed by atoms with Crippen molar-refractivity contribution in [3.8, 4) is 0 Å². The summed E-state index contributed by atoms with van der Waals surface area (Å²) in [6, 6.07) is 4.68. The highest BCUT2D eigenvalue weighted by Crippen LogP contribution is 2.21. The minimum Gasteiger partial charge on any atom is -0.336 e. The number of nitrogens with zero attached hydrogens (tertiary/aromatic N) is 2. The summed E-state index contributed by atoms with van der Waals surface area (Å²) in [7, 11) is 2.05. The molecule has 0 unspecified atom stereocenters. The lowest BCUT2D eigenvalue weighted by Gasteiger charge is -2.32. The standard InChI is InChI=1S/C15H21FN2O/c1-11(2)13-10-12(4-5-14(13)16)15(19)18-8-6-17(3)7-9-18/h4-5,10-11H,6-9H2,1-3H3. The third-order valence-electron chi connectivity index (χ3n) is 3.66. The lowest BCUT2D eigenvalue weighted by Crippen LogP contribution is -2.47. The van der Waals surface area contributed by atoms with E-state index in [0.717, 1.165) is 26.2 Å². The third kappa shape index (κ3) is 3.13.